The highest BCUT2D eigenvalue weighted by Crippen LogP contribution is 2.49. The number of hydrogen-bond donors (Lipinski definition) is 0. The Hall–Kier alpha value is -1.86. The molecule has 1 heterocycles. The highest BCUT2D eigenvalue weighted by molar-refractivity contribution is 7.91. The van der Waals surface area contributed by atoms with Crippen LogP contribution >= 0.6 is 29.6 Å². The summed E-state index contributed by atoms with van der Waals surface area (Å²) in [6, 6.07) is 33.0. The van der Waals surface area contributed by atoms with Crippen molar-refractivity contribution in [3.05, 3.63) is 105 Å². The van der Waals surface area contributed by atoms with Crippen molar-refractivity contribution in [3.63, 3.8) is 0 Å². The maximum atomic E-state index is 2.29. The van der Waals surface area contributed by atoms with E-state index in [1.54, 1.807) is 0 Å². The third kappa shape index (κ3) is 2.61. The van der Waals surface area contributed by atoms with Crippen LogP contribution in [0.25, 0.3) is 0 Å². The van der Waals surface area contributed by atoms with E-state index < -0.39 is 6.89 Å². The summed E-state index contributed by atoms with van der Waals surface area (Å²) >= 11 is 3.76. The van der Waals surface area contributed by atoms with E-state index in [2.05, 4.69) is 102 Å². The summed E-state index contributed by atoms with van der Waals surface area (Å²) in [5.41, 5.74) is 0. The van der Waals surface area contributed by atoms with Gasteiger partial charge in [0, 0.05) is 17.6 Å². The van der Waals surface area contributed by atoms with Gasteiger partial charge in [-0.15, -0.1) is 22.7 Å². The molecule has 0 spiro atoms. The van der Waals surface area contributed by atoms with Gasteiger partial charge in [-0.1, -0.05) is 91.0 Å². The van der Waals surface area contributed by atoms with Gasteiger partial charge in [0.25, 0.3) is 0 Å². The summed E-state index contributed by atoms with van der Waals surface area (Å²) < 4.78 is 1.49. The molecule has 0 fully saturated rings. The van der Waals surface area contributed by atoms with Gasteiger partial charge < -0.3 is 0 Å². The van der Waals surface area contributed by atoms with E-state index in [9.17, 15) is 0 Å². The van der Waals surface area contributed by atoms with Crippen molar-refractivity contribution in [2.45, 2.75) is 0 Å². The average Bonchev–Trinajstić information content (AvgIpc) is 3.20. The highest BCUT2D eigenvalue weighted by atomic mass is 32.2. The second-order valence-corrected chi connectivity index (χ2v) is 11.5. The van der Waals surface area contributed by atoms with Crippen molar-refractivity contribution in [1.29, 1.82) is 0 Å². The lowest BCUT2D eigenvalue weighted by Crippen LogP contribution is -2.25. The van der Waals surface area contributed by atoms with Gasteiger partial charge in [-0.2, -0.15) is 0 Å². The van der Waals surface area contributed by atoms with Crippen LogP contribution in [0.3, 0.4) is 0 Å². The van der Waals surface area contributed by atoms with Crippen LogP contribution in [0.2, 0.25) is 0 Å². The summed E-state index contributed by atoms with van der Waals surface area (Å²) in [6.45, 7) is -1.82. The largest absolute Gasteiger partial charge is 0.132 e. The van der Waals surface area contributed by atoms with Gasteiger partial charge in [-0.25, -0.2) is 0 Å². The molecule has 118 valence electrons. The Morgan fingerprint density at radius 2 is 0.792 bits per heavy atom. The quantitative estimate of drug-likeness (QED) is 0.431. The fourth-order valence-electron chi connectivity index (χ4n) is 3.08. The van der Waals surface area contributed by atoms with Crippen LogP contribution in [0.4, 0.5) is 0 Å². The van der Waals surface area contributed by atoms with Crippen LogP contribution in [0, 0.1) is 3.57 Å². The molecule has 0 saturated heterocycles. The molecule has 4 aromatic rings. The second-order valence-electron chi connectivity index (χ2n) is 5.45. The molecule has 0 unspecified atom stereocenters. The van der Waals surface area contributed by atoms with Crippen LogP contribution < -0.4 is 15.9 Å². The summed E-state index contributed by atoms with van der Waals surface area (Å²) in [5, 5.41) is 8.68. The Labute approximate surface area is 150 Å². The smallest absolute Gasteiger partial charge is 0.0877 e. The maximum Gasteiger partial charge on any atom is 0.0877 e. The molecule has 0 aliphatic heterocycles. The van der Waals surface area contributed by atoms with Crippen LogP contribution in [-0.2, 0) is 0 Å². The molecule has 0 bridgehead atoms. The molecule has 0 atom stereocenters. The third-order valence-electron chi connectivity index (χ3n) is 4.10. The molecule has 3 heteroatoms. The molecule has 0 amide bonds. The van der Waals surface area contributed by atoms with Gasteiger partial charge in [0.05, 0.1) is 3.57 Å². The van der Waals surface area contributed by atoms with E-state index in [-0.39, 0.29) is 0 Å². The van der Waals surface area contributed by atoms with Gasteiger partial charge in [-0.05, 0) is 15.9 Å². The fourth-order valence-corrected chi connectivity index (χ4v) is 11.2. The zero-order valence-corrected chi connectivity index (χ0v) is 15.6. The first kappa shape index (κ1) is 15.7. The highest BCUT2D eigenvalue weighted by Gasteiger charge is 2.26. The summed E-state index contributed by atoms with van der Waals surface area (Å²) in [5.74, 6) is 0. The van der Waals surface area contributed by atoms with Crippen molar-refractivity contribution in [3.8, 4) is 0 Å². The normalized spacial score (nSPS) is 11.3. The zero-order chi connectivity index (χ0) is 16.2. The lowest BCUT2D eigenvalue weighted by Gasteiger charge is -2.27. The van der Waals surface area contributed by atoms with Crippen molar-refractivity contribution in [2.75, 3.05) is 0 Å². The lowest BCUT2D eigenvalue weighted by molar-refractivity contribution is 1.73. The van der Waals surface area contributed by atoms with Crippen molar-refractivity contribution in [2.24, 2.45) is 0 Å². The van der Waals surface area contributed by atoms with Crippen molar-refractivity contribution < 1.29 is 0 Å². The molecule has 0 saturated carbocycles. The zero-order valence-electron chi connectivity index (χ0n) is 13.1. The van der Waals surface area contributed by atoms with Crippen molar-refractivity contribution in [1.82, 2.24) is 0 Å². The Kier molecular flexibility index (Phi) is 4.53. The Bertz CT molecular complexity index is 880. The SMILES string of the molecule is c1ccc(P(c2ccccc2)(c2ccccc2)=c2sccs2)cc1. The van der Waals surface area contributed by atoms with Gasteiger partial charge in [0.15, 0.2) is 0 Å². The fraction of sp³-hybridized carbons (Fsp3) is 0. The third-order valence-corrected chi connectivity index (χ3v) is 11.8. The van der Waals surface area contributed by atoms with Gasteiger partial charge in [-0.3, -0.25) is 0 Å². The Morgan fingerprint density at radius 3 is 1.12 bits per heavy atom. The molecule has 0 aliphatic carbocycles. The van der Waals surface area contributed by atoms with Crippen LogP contribution in [-0.4, -0.2) is 0 Å². The molecule has 0 N–H and O–H groups in total. The minimum Gasteiger partial charge on any atom is -0.132 e. The van der Waals surface area contributed by atoms with E-state index in [0.29, 0.717) is 0 Å². The Balaban J connectivity index is 2.25. The maximum absolute atomic E-state index is 2.29. The molecular weight excluding hydrogens is 347 g/mol. The molecule has 24 heavy (non-hydrogen) atoms. The first-order chi connectivity index (χ1) is 11.9. The summed E-state index contributed by atoms with van der Waals surface area (Å²) in [6.07, 6.45) is 0. The van der Waals surface area contributed by atoms with E-state index in [1.165, 1.54) is 19.5 Å². The first-order valence-corrected chi connectivity index (χ1v) is 11.4. The summed E-state index contributed by atoms with van der Waals surface area (Å²) in [7, 11) is 0. The van der Waals surface area contributed by atoms with E-state index >= 15 is 0 Å². The Morgan fingerprint density at radius 1 is 0.458 bits per heavy atom. The average molecular weight is 364 g/mol. The predicted molar refractivity (Wildman–Crippen MR) is 111 cm³/mol. The summed E-state index contributed by atoms with van der Waals surface area (Å²) in [4.78, 5) is 0. The van der Waals surface area contributed by atoms with Crippen LogP contribution in [0.1, 0.15) is 0 Å². The molecule has 0 nitrogen and oxygen atoms in total. The monoisotopic (exact) mass is 364 g/mol. The van der Waals surface area contributed by atoms with Gasteiger partial charge in [0.1, 0.15) is 0 Å². The minimum atomic E-state index is -1.82. The minimum absolute atomic E-state index is 1.42. The van der Waals surface area contributed by atoms with E-state index in [0.717, 1.165) is 0 Å². The van der Waals surface area contributed by atoms with Crippen LogP contribution in [0.15, 0.2) is 102 Å². The standard InChI is InChI=1S/C21H17PS2/c1-4-10-18(11-5-1)22(21-23-16-17-24-21,19-12-6-2-7-13-19)20-14-8-3-9-15-20/h1-17H. The predicted octanol–water partition coefficient (Wildman–Crippen LogP) is 5.34. The van der Waals surface area contributed by atoms with Gasteiger partial charge in [0.2, 0.25) is 0 Å². The number of benzene rings is 3. The number of rotatable bonds is 3. The number of hydrogen-bond acceptors (Lipinski definition) is 2. The molecule has 1 aromatic heterocycles. The molecule has 3 aromatic carbocycles. The van der Waals surface area contributed by atoms with E-state index in [4.69, 9.17) is 0 Å². The first-order valence-electron chi connectivity index (χ1n) is 7.84. The topological polar surface area (TPSA) is 0 Å². The van der Waals surface area contributed by atoms with Crippen LogP contribution in [0.5, 0.6) is 0 Å². The van der Waals surface area contributed by atoms with Gasteiger partial charge >= 0.3 is 0 Å². The lowest BCUT2D eigenvalue weighted by atomic mass is 10.4. The molecule has 4 rings (SSSR count). The molecule has 0 aliphatic rings. The van der Waals surface area contributed by atoms with E-state index in [1.807, 2.05) is 22.7 Å². The molecule has 0 radical (unpaired) electrons. The second kappa shape index (κ2) is 6.94. The van der Waals surface area contributed by atoms with Crippen molar-refractivity contribution >= 4 is 45.5 Å². The molecular formula is C21H17PS2.